The smallest absolute Gasteiger partial charge is 0.322 e. The highest BCUT2D eigenvalue weighted by molar-refractivity contribution is 6.33. The number of nitrogens with one attached hydrogen (secondary N) is 1. The Hall–Kier alpha value is -2.28. The molecule has 1 aromatic rings. The van der Waals surface area contributed by atoms with Crippen LogP contribution in [0.25, 0.3) is 0 Å². The van der Waals surface area contributed by atoms with E-state index < -0.39 is 47.1 Å². The van der Waals surface area contributed by atoms with E-state index in [1.807, 2.05) is 5.32 Å². The summed E-state index contributed by atoms with van der Waals surface area (Å²) in [6, 6.07) is 2.10. The van der Waals surface area contributed by atoms with Crippen molar-refractivity contribution in [3.8, 4) is 0 Å². The number of carbonyl (C=O) groups is 4. The van der Waals surface area contributed by atoms with Crippen LogP contribution < -0.4 is 5.32 Å². The Bertz CT molecular complexity index is 744. The third-order valence-electron chi connectivity index (χ3n) is 3.82. The van der Waals surface area contributed by atoms with Crippen LogP contribution in [0.3, 0.4) is 0 Å². The zero-order valence-corrected chi connectivity index (χ0v) is 13.0. The fourth-order valence-electron chi connectivity index (χ4n) is 2.54. The van der Waals surface area contributed by atoms with Crippen LogP contribution in [-0.4, -0.2) is 35.1 Å². The van der Waals surface area contributed by atoms with Gasteiger partial charge in [-0.15, -0.1) is 0 Å². The Labute approximate surface area is 135 Å². The maximum atomic E-state index is 13.7. The number of amides is 1. The molecular weight excluding hydrogens is 329 g/mol. The lowest BCUT2D eigenvalue weighted by atomic mass is 9.66. The van der Waals surface area contributed by atoms with Gasteiger partial charge in [-0.2, -0.15) is 0 Å². The Morgan fingerprint density at radius 3 is 2.52 bits per heavy atom. The summed E-state index contributed by atoms with van der Waals surface area (Å²) in [5.74, 6) is -6.31. The van der Waals surface area contributed by atoms with Gasteiger partial charge in [-0.05, 0) is 31.5 Å². The van der Waals surface area contributed by atoms with Gasteiger partial charge in [-0.3, -0.25) is 19.2 Å². The Morgan fingerprint density at radius 1 is 1.35 bits per heavy atom. The summed E-state index contributed by atoms with van der Waals surface area (Å²) < 4.78 is 13.7. The van der Waals surface area contributed by atoms with Crippen LogP contribution in [0.1, 0.15) is 29.8 Å². The van der Waals surface area contributed by atoms with Crippen LogP contribution in [0.4, 0.5) is 4.39 Å². The molecule has 2 rings (SSSR count). The van der Waals surface area contributed by atoms with E-state index >= 15 is 0 Å². The monoisotopic (exact) mass is 341 g/mol. The van der Waals surface area contributed by atoms with Gasteiger partial charge < -0.3 is 10.4 Å². The fourth-order valence-corrected chi connectivity index (χ4v) is 2.70. The first kappa shape index (κ1) is 17.1. The summed E-state index contributed by atoms with van der Waals surface area (Å²) in [5, 5.41) is 10.3. The summed E-state index contributed by atoms with van der Waals surface area (Å²) in [6.07, 6.45) is 0. The number of benzene rings is 1. The number of halogens is 2. The van der Waals surface area contributed by atoms with Crippen LogP contribution in [0.5, 0.6) is 0 Å². The second kappa shape index (κ2) is 5.73. The third-order valence-corrected chi connectivity index (χ3v) is 4.11. The predicted molar refractivity (Wildman–Crippen MR) is 77.9 cm³/mol. The highest BCUT2D eigenvalue weighted by Crippen LogP contribution is 2.39. The van der Waals surface area contributed by atoms with E-state index in [-0.39, 0.29) is 16.1 Å². The molecule has 0 saturated heterocycles. The van der Waals surface area contributed by atoms with Gasteiger partial charge in [0, 0.05) is 5.56 Å². The van der Waals surface area contributed by atoms with Crippen molar-refractivity contribution in [2.75, 3.05) is 6.54 Å². The van der Waals surface area contributed by atoms with Gasteiger partial charge in [-0.25, -0.2) is 4.39 Å². The zero-order valence-electron chi connectivity index (χ0n) is 12.3. The van der Waals surface area contributed by atoms with E-state index in [1.54, 1.807) is 0 Å². The van der Waals surface area contributed by atoms with Gasteiger partial charge in [0.1, 0.15) is 12.4 Å². The molecule has 1 atom stereocenters. The molecule has 0 radical (unpaired) electrons. The molecule has 2 N–H and O–H groups in total. The number of hydrogen-bond acceptors (Lipinski definition) is 4. The molecule has 0 bridgehead atoms. The van der Waals surface area contributed by atoms with Gasteiger partial charge in [0.05, 0.1) is 10.4 Å². The molecule has 122 valence electrons. The summed E-state index contributed by atoms with van der Waals surface area (Å²) in [4.78, 5) is 47.5. The topological polar surface area (TPSA) is 101 Å². The van der Waals surface area contributed by atoms with E-state index in [1.165, 1.54) is 13.8 Å². The Balaban J connectivity index is 2.51. The average molecular weight is 342 g/mol. The fraction of sp³-hybridized carbons (Fsp3) is 0.333. The maximum absolute atomic E-state index is 13.7. The molecule has 1 aliphatic carbocycles. The average Bonchev–Trinajstić information content (AvgIpc) is 2.45. The molecule has 6 nitrogen and oxygen atoms in total. The number of rotatable bonds is 3. The van der Waals surface area contributed by atoms with E-state index in [0.717, 1.165) is 12.1 Å². The van der Waals surface area contributed by atoms with Crippen molar-refractivity contribution in [3.05, 3.63) is 34.1 Å². The lowest BCUT2D eigenvalue weighted by Crippen LogP contribution is -2.51. The molecule has 23 heavy (non-hydrogen) atoms. The van der Waals surface area contributed by atoms with Crippen molar-refractivity contribution in [2.45, 2.75) is 19.3 Å². The molecule has 8 heteroatoms. The lowest BCUT2D eigenvalue weighted by Gasteiger charge is -2.34. The molecule has 0 spiro atoms. The highest BCUT2D eigenvalue weighted by atomic mass is 35.5. The molecule has 1 amide bonds. The van der Waals surface area contributed by atoms with Crippen molar-refractivity contribution < 1.29 is 28.7 Å². The number of carbonyl (C=O) groups excluding carboxylic acids is 3. The number of ketones is 2. The quantitative estimate of drug-likeness (QED) is 0.808. The van der Waals surface area contributed by atoms with Crippen LogP contribution in [0.15, 0.2) is 12.1 Å². The Kier molecular flexibility index (Phi) is 4.26. The van der Waals surface area contributed by atoms with Crippen molar-refractivity contribution in [2.24, 2.45) is 5.92 Å². The van der Waals surface area contributed by atoms with Gasteiger partial charge in [0.25, 0.3) is 0 Å². The second-order valence-corrected chi connectivity index (χ2v) is 6.12. The molecule has 1 unspecified atom stereocenters. The van der Waals surface area contributed by atoms with Crippen LogP contribution in [0.2, 0.25) is 5.02 Å². The molecule has 1 aliphatic rings. The summed E-state index contributed by atoms with van der Waals surface area (Å²) >= 11 is 5.68. The number of hydrogen-bond donors (Lipinski definition) is 2. The minimum Gasteiger partial charge on any atom is -0.480 e. The molecule has 0 aliphatic heterocycles. The molecule has 0 fully saturated rings. The van der Waals surface area contributed by atoms with Crippen molar-refractivity contribution in [3.63, 3.8) is 0 Å². The molecule has 1 aromatic carbocycles. The van der Waals surface area contributed by atoms with Crippen molar-refractivity contribution in [1.82, 2.24) is 5.32 Å². The van der Waals surface area contributed by atoms with E-state index in [2.05, 4.69) is 0 Å². The summed E-state index contributed by atoms with van der Waals surface area (Å²) in [7, 11) is 0. The molecule has 0 heterocycles. The summed E-state index contributed by atoms with van der Waals surface area (Å²) in [5.41, 5.74) is -1.16. The van der Waals surface area contributed by atoms with E-state index in [4.69, 9.17) is 16.7 Å². The third kappa shape index (κ3) is 2.84. The molecule has 0 saturated carbocycles. The second-order valence-electron chi connectivity index (χ2n) is 5.71. The standard InChI is InChI=1S/C15H13ClFNO5/c1-15(2)7-4-9(17)8(16)3-6(7)12(21)11(13(15)22)14(23)18-5-10(19)20/h3-4,11H,5H2,1-2H3,(H,18,23)(H,19,20). The Morgan fingerprint density at radius 2 is 1.96 bits per heavy atom. The maximum Gasteiger partial charge on any atom is 0.322 e. The number of fused-ring (bicyclic) bond motifs is 1. The number of aliphatic carboxylic acids is 1. The SMILES string of the molecule is CC1(C)C(=O)C(C(=O)NCC(=O)O)C(=O)c2cc(Cl)c(F)cc21. The molecular formula is C15H13ClFNO5. The number of Topliss-reactive ketones (excluding diaryl/α,β-unsaturated/α-hetero) is 2. The van der Waals surface area contributed by atoms with Gasteiger partial charge in [0.15, 0.2) is 17.5 Å². The minimum absolute atomic E-state index is 0.0172. The van der Waals surface area contributed by atoms with Gasteiger partial charge in [0.2, 0.25) is 5.91 Å². The largest absolute Gasteiger partial charge is 0.480 e. The van der Waals surface area contributed by atoms with Crippen LogP contribution in [-0.2, 0) is 19.8 Å². The first-order valence-electron chi connectivity index (χ1n) is 6.65. The van der Waals surface area contributed by atoms with Crippen molar-refractivity contribution >= 4 is 35.0 Å². The van der Waals surface area contributed by atoms with Crippen molar-refractivity contribution in [1.29, 1.82) is 0 Å². The number of carboxylic acid groups (broad SMARTS) is 1. The van der Waals surface area contributed by atoms with Crippen LogP contribution in [0, 0.1) is 11.7 Å². The highest BCUT2D eigenvalue weighted by Gasteiger charge is 2.49. The van der Waals surface area contributed by atoms with E-state index in [9.17, 15) is 23.6 Å². The predicted octanol–water partition coefficient (Wildman–Crippen LogP) is 1.34. The van der Waals surface area contributed by atoms with E-state index in [0.29, 0.717) is 0 Å². The number of carboxylic acids is 1. The summed E-state index contributed by atoms with van der Waals surface area (Å²) in [6.45, 7) is 2.21. The first-order valence-corrected chi connectivity index (χ1v) is 7.02. The minimum atomic E-state index is -1.68. The lowest BCUT2D eigenvalue weighted by molar-refractivity contribution is -0.140. The molecule has 0 aromatic heterocycles. The van der Waals surface area contributed by atoms with Gasteiger partial charge >= 0.3 is 5.97 Å². The van der Waals surface area contributed by atoms with Gasteiger partial charge in [-0.1, -0.05) is 11.6 Å². The first-order chi connectivity index (χ1) is 10.6. The zero-order chi connectivity index (χ0) is 17.5. The van der Waals surface area contributed by atoms with Crippen LogP contribution >= 0.6 is 11.6 Å². The normalized spacial score (nSPS) is 19.2.